The van der Waals surface area contributed by atoms with Crippen LogP contribution in [0.25, 0.3) is 0 Å². The first-order chi connectivity index (χ1) is 16.6. The predicted molar refractivity (Wildman–Crippen MR) is 137 cm³/mol. The number of methoxy groups -OCH3 is 1. The van der Waals surface area contributed by atoms with Crippen LogP contribution >= 0.6 is 0 Å². The summed E-state index contributed by atoms with van der Waals surface area (Å²) in [5, 5.41) is 7.88. The van der Waals surface area contributed by atoms with E-state index in [2.05, 4.69) is 33.6 Å². The first kappa shape index (κ1) is 26.3. The monoisotopic (exact) mass is 469 g/mol. The lowest BCUT2D eigenvalue weighted by molar-refractivity contribution is 0.246. The highest BCUT2D eigenvalue weighted by Crippen LogP contribution is 2.36. The fourth-order valence-corrected chi connectivity index (χ4v) is 2.89. The Morgan fingerprint density at radius 2 is 2.15 bits per heavy atom. The largest absolute Gasteiger partial charge is 0.493 e. The Morgan fingerprint density at radius 1 is 1.32 bits per heavy atom. The van der Waals surface area contributed by atoms with E-state index >= 15 is 0 Å². The molecule has 1 aromatic rings. The quantitative estimate of drug-likeness (QED) is 0.114. The molecule has 2 rings (SSSR count). The number of nitrogens with one attached hydrogen (secondary N) is 2. The Balaban J connectivity index is 2.27. The third-order valence-electron chi connectivity index (χ3n) is 4.64. The number of fused-ring (bicyclic) bond motifs is 1. The first-order valence-corrected chi connectivity index (χ1v) is 11.0. The zero-order valence-corrected chi connectivity index (χ0v) is 20.2. The molecule has 0 radical (unpaired) electrons. The van der Waals surface area contributed by atoms with Gasteiger partial charge in [0.15, 0.2) is 11.5 Å². The molecule has 0 bridgehead atoms. The van der Waals surface area contributed by atoms with Crippen LogP contribution in [0.1, 0.15) is 25.8 Å². The van der Waals surface area contributed by atoms with E-state index in [1.165, 1.54) is 11.2 Å². The minimum Gasteiger partial charge on any atom is -0.493 e. The first-order valence-electron chi connectivity index (χ1n) is 11.0. The van der Waals surface area contributed by atoms with Crippen molar-refractivity contribution in [1.29, 1.82) is 0 Å². The van der Waals surface area contributed by atoms with Crippen LogP contribution in [-0.2, 0) is 0 Å². The highest BCUT2D eigenvalue weighted by atomic mass is 16.5. The lowest BCUT2D eigenvalue weighted by atomic mass is 10.2. The topological polar surface area (TPSA) is 132 Å². The van der Waals surface area contributed by atoms with Crippen LogP contribution in [-0.4, -0.2) is 51.4 Å². The SMILES string of the molecule is C/C=C(\C=C/CC)NCC1=C(NC=NC)Oc2cc(OC)c(OCCN(N)/C=C\N)cc2C=N1. The maximum atomic E-state index is 6.18. The second-order valence-electron chi connectivity index (χ2n) is 7.04. The number of hydrogen-bond acceptors (Lipinski definition) is 9. The Labute approximate surface area is 201 Å². The van der Waals surface area contributed by atoms with Crippen molar-refractivity contribution >= 4 is 12.6 Å². The third kappa shape index (κ3) is 7.89. The Morgan fingerprint density at radius 3 is 2.82 bits per heavy atom. The maximum absolute atomic E-state index is 6.18. The van der Waals surface area contributed by atoms with E-state index in [1.54, 1.807) is 39.0 Å². The van der Waals surface area contributed by atoms with Gasteiger partial charge in [0.05, 0.1) is 26.5 Å². The molecule has 0 atom stereocenters. The molecule has 1 heterocycles. The van der Waals surface area contributed by atoms with Crippen molar-refractivity contribution in [2.24, 2.45) is 21.6 Å². The fourth-order valence-electron chi connectivity index (χ4n) is 2.89. The molecule has 10 nitrogen and oxygen atoms in total. The molecular formula is C24H35N7O3. The molecule has 1 aliphatic rings. The lowest BCUT2D eigenvalue weighted by Crippen LogP contribution is -2.30. The van der Waals surface area contributed by atoms with Crippen molar-refractivity contribution in [3.05, 3.63) is 65.6 Å². The van der Waals surface area contributed by atoms with Crippen LogP contribution in [0.4, 0.5) is 0 Å². The van der Waals surface area contributed by atoms with Gasteiger partial charge in [0, 0.05) is 43.0 Å². The minimum atomic E-state index is 0.332. The molecule has 0 spiro atoms. The number of benzene rings is 1. The van der Waals surface area contributed by atoms with Gasteiger partial charge in [0.25, 0.3) is 0 Å². The zero-order chi connectivity index (χ0) is 24.8. The summed E-state index contributed by atoms with van der Waals surface area (Å²) in [4.78, 5) is 8.65. The van der Waals surface area contributed by atoms with Gasteiger partial charge in [0.2, 0.25) is 5.88 Å². The number of rotatable bonds is 13. The van der Waals surface area contributed by atoms with Crippen LogP contribution in [0.2, 0.25) is 0 Å². The summed E-state index contributed by atoms with van der Waals surface area (Å²) < 4.78 is 17.6. The van der Waals surface area contributed by atoms with Crippen LogP contribution in [0.3, 0.4) is 0 Å². The van der Waals surface area contributed by atoms with Crippen LogP contribution in [0.5, 0.6) is 17.2 Å². The summed E-state index contributed by atoms with van der Waals surface area (Å²) >= 11 is 0. The summed E-state index contributed by atoms with van der Waals surface area (Å²) in [6.07, 6.45) is 13.3. The van der Waals surface area contributed by atoms with Crippen molar-refractivity contribution in [1.82, 2.24) is 15.6 Å². The number of nitrogens with two attached hydrogens (primary N) is 2. The molecule has 184 valence electrons. The van der Waals surface area contributed by atoms with E-state index < -0.39 is 0 Å². The average Bonchev–Trinajstić information content (AvgIpc) is 3.01. The number of nitrogens with zero attached hydrogens (tertiary/aromatic N) is 3. The van der Waals surface area contributed by atoms with Gasteiger partial charge in [-0.3, -0.25) is 9.98 Å². The van der Waals surface area contributed by atoms with E-state index in [9.17, 15) is 0 Å². The molecule has 0 aliphatic carbocycles. The van der Waals surface area contributed by atoms with E-state index in [-0.39, 0.29) is 0 Å². The molecule has 1 aromatic carbocycles. The molecule has 0 aromatic heterocycles. The molecular weight excluding hydrogens is 434 g/mol. The van der Waals surface area contributed by atoms with Gasteiger partial charge in [-0.25, -0.2) is 5.84 Å². The summed E-state index contributed by atoms with van der Waals surface area (Å²) in [5.41, 5.74) is 7.75. The van der Waals surface area contributed by atoms with E-state index in [1.807, 2.05) is 25.1 Å². The van der Waals surface area contributed by atoms with Gasteiger partial charge in [-0.1, -0.05) is 19.1 Å². The van der Waals surface area contributed by atoms with Gasteiger partial charge < -0.3 is 35.6 Å². The zero-order valence-electron chi connectivity index (χ0n) is 20.2. The molecule has 0 fully saturated rings. The molecule has 0 unspecified atom stereocenters. The van der Waals surface area contributed by atoms with Gasteiger partial charge >= 0.3 is 0 Å². The summed E-state index contributed by atoms with van der Waals surface area (Å²) in [7, 11) is 3.24. The normalized spacial score (nSPS) is 13.9. The predicted octanol–water partition coefficient (Wildman–Crippen LogP) is 2.37. The highest BCUT2D eigenvalue weighted by Gasteiger charge is 2.19. The molecule has 1 aliphatic heterocycles. The van der Waals surface area contributed by atoms with Crippen LogP contribution < -0.4 is 36.4 Å². The average molecular weight is 470 g/mol. The van der Waals surface area contributed by atoms with Crippen LogP contribution in [0, 0.1) is 0 Å². The summed E-state index contributed by atoms with van der Waals surface area (Å²) in [6.45, 7) is 5.29. The number of hydrazine groups is 1. The van der Waals surface area contributed by atoms with Crippen molar-refractivity contribution in [2.45, 2.75) is 20.3 Å². The fraction of sp³-hybridized carbons (Fsp3) is 0.333. The second kappa shape index (κ2) is 14.3. The second-order valence-corrected chi connectivity index (χ2v) is 7.04. The number of allylic oxidation sites excluding steroid dienone is 3. The number of ether oxygens (including phenoxy) is 3. The molecule has 10 heteroatoms. The maximum Gasteiger partial charge on any atom is 0.222 e. The van der Waals surface area contributed by atoms with Crippen molar-refractivity contribution < 1.29 is 14.2 Å². The van der Waals surface area contributed by atoms with Crippen molar-refractivity contribution in [2.75, 3.05) is 33.9 Å². The lowest BCUT2D eigenvalue weighted by Gasteiger charge is -2.17. The molecule has 6 N–H and O–H groups in total. The Hall–Kier alpha value is -3.92. The van der Waals surface area contributed by atoms with Crippen molar-refractivity contribution in [3.8, 4) is 17.2 Å². The van der Waals surface area contributed by atoms with Gasteiger partial charge in [-0.15, -0.1) is 0 Å². The minimum absolute atomic E-state index is 0.332. The summed E-state index contributed by atoms with van der Waals surface area (Å²) in [5.74, 6) is 7.89. The smallest absolute Gasteiger partial charge is 0.222 e. The Bertz CT molecular complexity index is 981. The van der Waals surface area contributed by atoms with Crippen molar-refractivity contribution in [3.63, 3.8) is 0 Å². The molecule has 0 amide bonds. The van der Waals surface area contributed by atoms with E-state index in [0.717, 1.165) is 17.7 Å². The standard InChI is InChI=1S/C24H35N7O3/c1-5-7-8-19(6-2)28-16-20-24(30-17-27-3)34-21-14-22(32-4)23(13-18(21)15-29-20)33-12-11-31(26)10-9-25/h6-10,13-15,17,28H,5,11-12,16,25-26H2,1-4H3,(H,27,30)/b8-7-,10-9-,19-6+. The molecule has 0 saturated carbocycles. The number of hydrogen-bond donors (Lipinski definition) is 4. The summed E-state index contributed by atoms with van der Waals surface area (Å²) in [6, 6.07) is 3.58. The van der Waals surface area contributed by atoms with Gasteiger partial charge in [-0.05, 0) is 25.5 Å². The van der Waals surface area contributed by atoms with E-state index in [0.29, 0.717) is 48.5 Å². The molecule has 34 heavy (non-hydrogen) atoms. The highest BCUT2D eigenvalue weighted by molar-refractivity contribution is 5.86. The Kier molecular flexibility index (Phi) is 11.1. The van der Waals surface area contributed by atoms with Gasteiger partial charge in [0.1, 0.15) is 18.1 Å². The number of aliphatic imine (C=N–C) groups is 2. The van der Waals surface area contributed by atoms with Crippen LogP contribution in [0.15, 0.2) is 70.0 Å². The van der Waals surface area contributed by atoms with Gasteiger partial charge in [-0.2, -0.15) is 0 Å². The molecule has 0 saturated heterocycles. The van der Waals surface area contributed by atoms with E-state index in [4.69, 9.17) is 25.8 Å². The third-order valence-corrected chi connectivity index (χ3v) is 4.64.